The number of hydrogen-bond acceptors (Lipinski definition) is 5. The van der Waals surface area contributed by atoms with Crippen LogP contribution in [0.4, 0.5) is 0 Å². The van der Waals surface area contributed by atoms with E-state index in [0.29, 0.717) is 18.3 Å². The third-order valence-corrected chi connectivity index (χ3v) is 6.08. The van der Waals surface area contributed by atoms with Crippen molar-refractivity contribution in [2.24, 2.45) is 0 Å². The fourth-order valence-electron chi connectivity index (χ4n) is 3.75. The molecule has 0 unspecified atom stereocenters. The Labute approximate surface area is 165 Å². The zero-order chi connectivity index (χ0) is 19.2. The number of allylic oxidation sites excluding steroid dienone is 1. The third kappa shape index (κ3) is 4.46. The van der Waals surface area contributed by atoms with Crippen molar-refractivity contribution in [3.63, 3.8) is 0 Å². The third-order valence-electron chi connectivity index (χ3n) is 5.13. The van der Waals surface area contributed by atoms with Crippen molar-refractivity contribution in [2.75, 3.05) is 12.3 Å². The highest BCUT2D eigenvalue weighted by Gasteiger charge is 2.25. The molecular weight excluding hydrogens is 360 g/mol. The number of carbonyl (C=O) groups excluding carboxylic acids is 1. The van der Waals surface area contributed by atoms with Crippen molar-refractivity contribution in [1.29, 1.82) is 0 Å². The van der Waals surface area contributed by atoms with Gasteiger partial charge in [0.05, 0.1) is 17.6 Å². The summed E-state index contributed by atoms with van der Waals surface area (Å²) in [6.07, 6.45) is 9.45. The van der Waals surface area contributed by atoms with Gasteiger partial charge in [-0.15, -0.1) is 16.8 Å². The number of thioether (sulfide) groups is 1. The molecule has 0 aromatic carbocycles. The molecule has 0 saturated heterocycles. The molecule has 2 aromatic heterocycles. The van der Waals surface area contributed by atoms with Crippen molar-refractivity contribution in [3.05, 3.63) is 30.7 Å². The van der Waals surface area contributed by atoms with Crippen LogP contribution in [-0.4, -0.2) is 43.9 Å². The van der Waals surface area contributed by atoms with Crippen LogP contribution in [-0.2, 0) is 11.3 Å². The quantitative estimate of drug-likeness (QED) is 0.498. The smallest absolute Gasteiger partial charge is 0.233 e. The molecule has 27 heavy (non-hydrogen) atoms. The van der Waals surface area contributed by atoms with Crippen LogP contribution < -0.4 is 0 Å². The molecule has 0 spiro atoms. The van der Waals surface area contributed by atoms with E-state index in [1.807, 2.05) is 28.5 Å². The minimum atomic E-state index is 0.184. The van der Waals surface area contributed by atoms with E-state index in [2.05, 4.69) is 23.7 Å². The Kier molecular flexibility index (Phi) is 6.77. The van der Waals surface area contributed by atoms with Crippen LogP contribution in [0.15, 0.2) is 34.6 Å². The lowest BCUT2D eigenvalue weighted by atomic mass is 9.94. The highest BCUT2D eigenvalue weighted by molar-refractivity contribution is 7.99. The minimum Gasteiger partial charge on any atom is -0.469 e. The average molecular weight is 389 g/mol. The standard InChI is InChI=1S/C20H28N4O2S/c1-4-12-24-19(17-11-13-26-15(17)3)21-22-20(24)27-14-18(25)23(5-2)16-9-7-6-8-10-16/h4,11,13,16H,1,5-10,12,14H2,2-3H3. The summed E-state index contributed by atoms with van der Waals surface area (Å²) >= 11 is 1.45. The van der Waals surface area contributed by atoms with Gasteiger partial charge in [0.25, 0.3) is 0 Å². The second-order valence-electron chi connectivity index (χ2n) is 6.86. The van der Waals surface area contributed by atoms with Crippen LogP contribution in [0.2, 0.25) is 0 Å². The summed E-state index contributed by atoms with van der Waals surface area (Å²) in [5, 5.41) is 9.38. The maximum absolute atomic E-state index is 12.8. The highest BCUT2D eigenvalue weighted by atomic mass is 32.2. The molecule has 2 aromatic rings. The number of amides is 1. The monoisotopic (exact) mass is 388 g/mol. The number of carbonyl (C=O) groups is 1. The summed E-state index contributed by atoms with van der Waals surface area (Å²) in [6.45, 7) is 9.16. The molecule has 0 N–H and O–H groups in total. The SMILES string of the molecule is C=CCn1c(SCC(=O)N(CC)C2CCCCC2)nnc1-c1ccoc1C. The number of furan rings is 1. The van der Waals surface area contributed by atoms with Crippen LogP contribution in [0.25, 0.3) is 11.4 Å². The lowest BCUT2D eigenvalue weighted by molar-refractivity contribution is -0.131. The Morgan fingerprint density at radius 1 is 1.41 bits per heavy atom. The average Bonchev–Trinajstić information content (AvgIpc) is 3.27. The molecule has 0 aliphatic heterocycles. The maximum atomic E-state index is 12.8. The molecule has 0 bridgehead atoms. The van der Waals surface area contributed by atoms with Crippen molar-refractivity contribution < 1.29 is 9.21 Å². The molecule has 6 nitrogen and oxygen atoms in total. The van der Waals surface area contributed by atoms with Gasteiger partial charge in [0, 0.05) is 19.1 Å². The molecule has 1 fully saturated rings. The molecule has 1 amide bonds. The number of aryl methyl sites for hydroxylation is 1. The normalized spacial score (nSPS) is 15.0. The Morgan fingerprint density at radius 3 is 2.81 bits per heavy atom. The highest BCUT2D eigenvalue weighted by Crippen LogP contribution is 2.28. The fraction of sp³-hybridized carbons (Fsp3) is 0.550. The second-order valence-corrected chi connectivity index (χ2v) is 7.80. The summed E-state index contributed by atoms with van der Waals surface area (Å²) in [7, 11) is 0. The van der Waals surface area contributed by atoms with E-state index in [0.717, 1.165) is 41.7 Å². The maximum Gasteiger partial charge on any atom is 0.233 e. The van der Waals surface area contributed by atoms with Gasteiger partial charge in [-0.05, 0) is 32.8 Å². The second kappa shape index (κ2) is 9.26. The first kappa shape index (κ1) is 19.7. The van der Waals surface area contributed by atoms with Crippen LogP contribution in [0.5, 0.6) is 0 Å². The summed E-state index contributed by atoms with van der Waals surface area (Å²) in [4.78, 5) is 14.9. The van der Waals surface area contributed by atoms with Gasteiger partial charge < -0.3 is 9.32 Å². The van der Waals surface area contributed by atoms with E-state index in [-0.39, 0.29) is 5.91 Å². The Balaban J connectivity index is 1.71. The van der Waals surface area contributed by atoms with Gasteiger partial charge in [-0.1, -0.05) is 37.1 Å². The Bertz CT molecular complexity index is 777. The molecule has 0 atom stereocenters. The van der Waals surface area contributed by atoms with Gasteiger partial charge in [0.15, 0.2) is 11.0 Å². The summed E-state index contributed by atoms with van der Waals surface area (Å²) < 4.78 is 7.38. The Morgan fingerprint density at radius 2 is 2.19 bits per heavy atom. The molecule has 7 heteroatoms. The van der Waals surface area contributed by atoms with E-state index in [1.165, 1.54) is 31.0 Å². The minimum absolute atomic E-state index is 0.184. The van der Waals surface area contributed by atoms with Gasteiger partial charge in [-0.25, -0.2) is 0 Å². The molecule has 1 aliphatic carbocycles. The van der Waals surface area contributed by atoms with Crippen LogP contribution in [0.1, 0.15) is 44.8 Å². The molecule has 1 aliphatic rings. The van der Waals surface area contributed by atoms with Crippen LogP contribution >= 0.6 is 11.8 Å². The fourth-order valence-corrected chi connectivity index (χ4v) is 4.58. The van der Waals surface area contributed by atoms with Crippen molar-refractivity contribution in [3.8, 4) is 11.4 Å². The summed E-state index contributed by atoms with van der Waals surface area (Å²) in [5.41, 5.74) is 0.917. The van der Waals surface area contributed by atoms with Crippen LogP contribution in [0, 0.1) is 6.92 Å². The topological polar surface area (TPSA) is 64.2 Å². The number of rotatable bonds is 8. The zero-order valence-corrected chi connectivity index (χ0v) is 17.0. The molecule has 2 heterocycles. The lowest BCUT2D eigenvalue weighted by Crippen LogP contribution is -2.42. The predicted octanol–water partition coefficient (Wildman–Crippen LogP) is 4.31. The van der Waals surface area contributed by atoms with Gasteiger partial charge in [-0.2, -0.15) is 0 Å². The first-order chi connectivity index (χ1) is 13.2. The van der Waals surface area contributed by atoms with E-state index < -0.39 is 0 Å². The first-order valence-corrected chi connectivity index (χ1v) is 10.6. The molecular formula is C20H28N4O2S. The van der Waals surface area contributed by atoms with Crippen molar-refractivity contribution in [2.45, 2.75) is 63.7 Å². The van der Waals surface area contributed by atoms with Gasteiger partial charge >= 0.3 is 0 Å². The Hall–Kier alpha value is -2.02. The van der Waals surface area contributed by atoms with Crippen LogP contribution in [0.3, 0.4) is 0 Å². The molecule has 1 saturated carbocycles. The van der Waals surface area contributed by atoms with E-state index in [1.54, 1.807) is 6.26 Å². The zero-order valence-electron chi connectivity index (χ0n) is 16.2. The van der Waals surface area contributed by atoms with Crippen molar-refractivity contribution >= 4 is 17.7 Å². The van der Waals surface area contributed by atoms with Gasteiger partial charge in [-0.3, -0.25) is 9.36 Å². The summed E-state index contributed by atoms with van der Waals surface area (Å²) in [6, 6.07) is 2.28. The first-order valence-electron chi connectivity index (χ1n) is 9.66. The number of nitrogens with zero attached hydrogens (tertiary/aromatic N) is 4. The van der Waals surface area contributed by atoms with E-state index in [4.69, 9.17) is 4.42 Å². The van der Waals surface area contributed by atoms with Crippen molar-refractivity contribution in [1.82, 2.24) is 19.7 Å². The van der Waals surface area contributed by atoms with E-state index in [9.17, 15) is 4.79 Å². The molecule has 0 radical (unpaired) electrons. The predicted molar refractivity (Wildman–Crippen MR) is 108 cm³/mol. The number of hydrogen-bond donors (Lipinski definition) is 0. The molecule has 146 valence electrons. The lowest BCUT2D eigenvalue weighted by Gasteiger charge is -2.33. The largest absolute Gasteiger partial charge is 0.469 e. The number of aromatic nitrogens is 3. The van der Waals surface area contributed by atoms with Gasteiger partial charge in [0.1, 0.15) is 5.76 Å². The van der Waals surface area contributed by atoms with Gasteiger partial charge in [0.2, 0.25) is 5.91 Å². The summed E-state index contributed by atoms with van der Waals surface area (Å²) in [5.74, 6) is 2.11. The van der Waals surface area contributed by atoms with E-state index >= 15 is 0 Å². The molecule has 3 rings (SSSR count).